The summed E-state index contributed by atoms with van der Waals surface area (Å²) in [6, 6.07) is 18.5. The minimum absolute atomic E-state index is 0.476. The van der Waals surface area contributed by atoms with E-state index in [0.29, 0.717) is 24.3 Å². The van der Waals surface area contributed by atoms with Crippen LogP contribution in [0.2, 0.25) is 0 Å². The lowest BCUT2D eigenvalue weighted by molar-refractivity contribution is 0.00566. The minimum atomic E-state index is -0.708. The van der Waals surface area contributed by atoms with Crippen LogP contribution >= 0.6 is 0 Å². The normalized spacial score (nSPS) is 11.8. The van der Waals surface area contributed by atoms with Crippen molar-refractivity contribution in [3.05, 3.63) is 76.9 Å². The molecule has 0 aromatic heterocycles. The Morgan fingerprint density at radius 3 is 1.27 bits per heavy atom. The molecule has 3 rings (SSSR count). The number of rotatable bonds is 9. The largest absolute Gasteiger partial charge is 0.514 e. The van der Waals surface area contributed by atoms with E-state index >= 15 is 0 Å². The van der Waals surface area contributed by atoms with Crippen molar-refractivity contribution in [3.8, 4) is 11.5 Å². The van der Waals surface area contributed by atoms with E-state index in [1.807, 2.05) is 87.4 Å². The predicted octanol–water partition coefficient (Wildman–Crippen LogP) is 9.42. The Kier molecular flexibility index (Phi) is 10.2. The van der Waals surface area contributed by atoms with Crippen LogP contribution in [0, 0.1) is 27.7 Å². The molecular weight excluding hydrogens is 536 g/mol. The summed E-state index contributed by atoms with van der Waals surface area (Å²) in [6.07, 6.45) is -0.0556. The fourth-order valence-corrected chi connectivity index (χ4v) is 6.57. The van der Waals surface area contributed by atoms with Gasteiger partial charge in [-0.1, -0.05) is 32.0 Å². The molecule has 0 aliphatic heterocycles. The number of hydrogen-bond donors (Lipinski definition) is 0. The average Bonchev–Trinajstić information content (AvgIpc) is 2.89. The zero-order valence-corrected chi connectivity index (χ0v) is 26.8. The van der Waals surface area contributed by atoms with Gasteiger partial charge in [0, 0.05) is 24.3 Å². The Morgan fingerprint density at radius 1 is 0.610 bits per heavy atom. The summed E-state index contributed by atoms with van der Waals surface area (Å²) >= 11 is 0. The Labute approximate surface area is 247 Å². The molecule has 6 nitrogen and oxygen atoms in total. The summed E-state index contributed by atoms with van der Waals surface area (Å²) in [5.74, 6) is 1.01. The molecule has 3 aromatic carbocycles. The third-order valence-corrected chi connectivity index (χ3v) is 9.27. The second-order valence-corrected chi connectivity index (χ2v) is 13.6. The van der Waals surface area contributed by atoms with E-state index in [2.05, 4.69) is 36.4 Å². The molecule has 3 aromatic rings. The maximum absolute atomic E-state index is 12.5. The summed E-state index contributed by atoms with van der Waals surface area (Å²) in [4.78, 5) is 28.4. The minimum Gasteiger partial charge on any atom is -0.428 e. The SMILES string of the molecule is CCC(C)(C)OC(=O)Oc1c(C)cc([S+](c2ccccc2)c2cc(C)c(OC(=O)OC(C)(C)CC)c(C)c2)cc1C. The second kappa shape index (κ2) is 13.0. The monoisotopic (exact) mass is 579 g/mol. The predicted molar refractivity (Wildman–Crippen MR) is 163 cm³/mol. The van der Waals surface area contributed by atoms with Crippen LogP contribution in [-0.2, 0) is 20.4 Å². The fourth-order valence-electron chi connectivity index (χ4n) is 4.15. The topological polar surface area (TPSA) is 71.1 Å². The fraction of sp³-hybridized carbons (Fsp3) is 0.412. The van der Waals surface area contributed by atoms with Crippen molar-refractivity contribution in [1.29, 1.82) is 0 Å². The van der Waals surface area contributed by atoms with E-state index in [9.17, 15) is 9.59 Å². The molecule has 0 saturated heterocycles. The molecule has 0 radical (unpaired) electrons. The molecule has 0 aliphatic rings. The zero-order chi connectivity index (χ0) is 30.5. The molecule has 0 bridgehead atoms. The summed E-state index contributed by atoms with van der Waals surface area (Å²) in [5.41, 5.74) is 2.16. The highest BCUT2D eigenvalue weighted by Crippen LogP contribution is 2.38. The van der Waals surface area contributed by atoms with E-state index in [-0.39, 0.29) is 0 Å². The first kappa shape index (κ1) is 32.1. The first-order valence-corrected chi connectivity index (χ1v) is 15.2. The van der Waals surface area contributed by atoms with Crippen LogP contribution in [-0.4, -0.2) is 23.5 Å². The van der Waals surface area contributed by atoms with E-state index < -0.39 is 34.4 Å². The third kappa shape index (κ3) is 8.29. The quantitative estimate of drug-likeness (QED) is 0.143. The smallest absolute Gasteiger partial charge is 0.428 e. The van der Waals surface area contributed by atoms with Crippen LogP contribution in [0.1, 0.15) is 76.6 Å². The summed E-state index contributed by atoms with van der Waals surface area (Å²) in [5, 5.41) is 0. The molecule has 0 atom stereocenters. The first-order valence-electron chi connectivity index (χ1n) is 14.0. The third-order valence-electron chi connectivity index (χ3n) is 7.11. The van der Waals surface area contributed by atoms with E-state index in [4.69, 9.17) is 18.9 Å². The number of hydrogen-bond acceptors (Lipinski definition) is 6. The molecule has 0 spiro atoms. The van der Waals surface area contributed by atoms with Crippen molar-refractivity contribution in [2.45, 2.75) is 108 Å². The van der Waals surface area contributed by atoms with Gasteiger partial charge in [-0.3, -0.25) is 0 Å². The number of carbonyl (C=O) groups is 2. The van der Waals surface area contributed by atoms with Gasteiger partial charge in [0.05, 0.1) is 10.9 Å². The van der Waals surface area contributed by atoms with Gasteiger partial charge in [0.15, 0.2) is 14.7 Å². The summed E-state index contributed by atoms with van der Waals surface area (Å²) in [6.45, 7) is 19.1. The van der Waals surface area contributed by atoms with Crippen LogP contribution in [0.5, 0.6) is 11.5 Å². The Hall–Kier alpha value is -3.45. The van der Waals surface area contributed by atoms with Crippen molar-refractivity contribution in [3.63, 3.8) is 0 Å². The molecule has 0 N–H and O–H groups in total. The highest BCUT2D eigenvalue weighted by Gasteiger charge is 2.32. The lowest BCUT2D eigenvalue weighted by Gasteiger charge is -2.23. The maximum atomic E-state index is 12.5. The number of aryl methyl sites for hydroxylation is 4. The Morgan fingerprint density at radius 2 is 0.951 bits per heavy atom. The number of carbonyl (C=O) groups excluding carboxylic acids is 2. The molecule has 0 aliphatic carbocycles. The van der Waals surface area contributed by atoms with Crippen LogP contribution in [0.25, 0.3) is 0 Å². The van der Waals surface area contributed by atoms with Gasteiger partial charge in [0.2, 0.25) is 0 Å². The van der Waals surface area contributed by atoms with Gasteiger partial charge in [0.25, 0.3) is 0 Å². The van der Waals surface area contributed by atoms with Gasteiger partial charge in [-0.2, -0.15) is 0 Å². The zero-order valence-electron chi connectivity index (χ0n) is 26.0. The van der Waals surface area contributed by atoms with Crippen molar-refractivity contribution >= 4 is 23.2 Å². The van der Waals surface area contributed by atoms with Crippen molar-refractivity contribution in [1.82, 2.24) is 0 Å². The van der Waals surface area contributed by atoms with Crippen LogP contribution in [0.4, 0.5) is 9.59 Å². The maximum Gasteiger partial charge on any atom is 0.514 e. The molecule has 41 heavy (non-hydrogen) atoms. The van der Waals surface area contributed by atoms with Gasteiger partial charge in [-0.25, -0.2) is 9.59 Å². The van der Waals surface area contributed by atoms with Crippen LogP contribution in [0.3, 0.4) is 0 Å². The van der Waals surface area contributed by atoms with Crippen LogP contribution < -0.4 is 9.47 Å². The van der Waals surface area contributed by atoms with E-state index in [1.54, 1.807) is 0 Å². The molecule has 0 saturated carbocycles. The molecule has 0 heterocycles. The van der Waals surface area contributed by atoms with Crippen LogP contribution in [0.15, 0.2) is 69.3 Å². The Bertz CT molecular complexity index is 1260. The molecule has 7 heteroatoms. The summed E-state index contributed by atoms with van der Waals surface area (Å²) in [7, 11) is -0.476. The lowest BCUT2D eigenvalue weighted by Crippen LogP contribution is -2.29. The van der Waals surface area contributed by atoms with E-state index in [1.165, 1.54) is 0 Å². The number of ether oxygens (including phenoxy) is 4. The van der Waals surface area contributed by atoms with E-state index in [0.717, 1.165) is 36.9 Å². The highest BCUT2D eigenvalue weighted by molar-refractivity contribution is 7.97. The van der Waals surface area contributed by atoms with Gasteiger partial charge >= 0.3 is 12.3 Å². The first-order chi connectivity index (χ1) is 19.2. The van der Waals surface area contributed by atoms with Gasteiger partial charge in [-0.05, 0) is 103 Å². The van der Waals surface area contributed by atoms with Crippen molar-refractivity contribution in [2.24, 2.45) is 0 Å². The van der Waals surface area contributed by atoms with Crippen molar-refractivity contribution < 1.29 is 28.5 Å². The second-order valence-electron chi connectivity index (χ2n) is 11.5. The summed E-state index contributed by atoms with van der Waals surface area (Å²) < 4.78 is 22.4. The van der Waals surface area contributed by atoms with Gasteiger partial charge < -0.3 is 18.9 Å². The highest BCUT2D eigenvalue weighted by atomic mass is 32.2. The standard InChI is InChI=1S/C34H43O6S/c1-11-33(7,8)39-31(35)37-29-22(3)18-27(19-23(29)4)41(26-16-14-13-15-17-26)28-20-24(5)30(25(6)21-28)38-32(36)40-34(9,10)12-2/h13-21H,11-12H2,1-10H3/q+1. The molecule has 0 unspecified atom stereocenters. The van der Waals surface area contributed by atoms with Crippen molar-refractivity contribution in [2.75, 3.05) is 0 Å². The van der Waals surface area contributed by atoms with Gasteiger partial charge in [0.1, 0.15) is 22.7 Å². The molecule has 0 amide bonds. The molecule has 220 valence electrons. The lowest BCUT2D eigenvalue weighted by atomic mass is 10.1. The Balaban J connectivity index is 2.01. The molecular formula is C34H43O6S+. The number of benzene rings is 3. The average molecular weight is 580 g/mol. The molecule has 0 fully saturated rings. The van der Waals surface area contributed by atoms with Gasteiger partial charge in [-0.15, -0.1) is 0 Å².